The summed E-state index contributed by atoms with van der Waals surface area (Å²) in [6.45, 7) is 3.95. The quantitative estimate of drug-likeness (QED) is 0.651. The third-order valence-corrected chi connectivity index (χ3v) is 2.86. The molecule has 1 aromatic rings. The SMILES string of the molecule is COCC(NCCOCCN(C)C)c1ccccc1. The Hall–Kier alpha value is -0.940. The lowest BCUT2D eigenvalue weighted by molar-refractivity contribution is 0.111. The molecule has 1 atom stereocenters. The Morgan fingerprint density at radius 3 is 2.53 bits per heavy atom. The molecule has 0 saturated carbocycles. The molecule has 0 radical (unpaired) electrons. The Kier molecular flexibility index (Phi) is 8.41. The molecule has 19 heavy (non-hydrogen) atoms. The van der Waals surface area contributed by atoms with Crippen molar-refractivity contribution in [3.63, 3.8) is 0 Å². The van der Waals surface area contributed by atoms with E-state index < -0.39 is 0 Å². The van der Waals surface area contributed by atoms with Gasteiger partial charge in [-0.05, 0) is 19.7 Å². The molecule has 0 fully saturated rings. The van der Waals surface area contributed by atoms with Gasteiger partial charge in [-0.25, -0.2) is 0 Å². The number of benzene rings is 1. The number of nitrogens with one attached hydrogen (secondary N) is 1. The van der Waals surface area contributed by atoms with Gasteiger partial charge in [0.15, 0.2) is 0 Å². The van der Waals surface area contributed by atoms with Gasteiger partial charge in [0.1, 0.15) is 0 Å². The molecular weight excluding hydrogens is 240 g/mol. The van der Waals surface area contributed by atoms with Crippen molar-refractivity contribution >= 4 is 0 Å². The second-order valence-electron chi connectivity index (χ2n) is 4.79. The molecule has 0 aromatic heterocycles. The van der Waals surface area contributed by atoms with Crippen LogP contribution < -0.4 is 5.32 Å². The molecule has 4 nitrogen and oxygen atoms in total. The monoisotopic (exact) mass is 266 g/mol. The number of rotatable bonds is 10. The van der Waals surface area contributed by atoms with E-state index in [1.54, 1.807) is 7.11 Å². The second-order valence-corrected chi connectivity index (χ2v) is 4.79. The van der Waals surface area contributed by atoms with E-state index in [2.05, 4.69) is 22.3 Å². The number of likely N-dealkylation sites (N-methyl/N-ethyl adjacent to an activating group) is 1. The maximum atomic E-state index is 5.56. The fourth-order valence-electron chi connectivity index (χ4n) is 1.78. The summed E-state index contributed by atoms with van der Waals surface area (Å²) >= 11 is 0. The van der Waals surface area contributed by atoms with Crippen molar-refractivity contribution in [3.8, 4) is 0 Å². The Labute approximate surface area is 116 Å². The average molecular weight is 266 g/mol. The first-order valence-electron chi connectivity index (χ1n) is 6.73. The highest BCUT2D eigenvalue weighted by Gasteiger charge is 2.09. The minimum atomic E-state index is 0.226. The topological polar surface area (TPSA) is 33.7 Å². The first-order chi connectivity index (χ1) is 9.24. The molecule has 0 aliphatic heterocycles. The van der Waals surface area contributed by atoms with Gasteiger partial charge in [0.05, 0.1) is 25.9 Å². The minimum Gasteiger partial charge on any atom is -0.383 e. The molecule has 1 aromatic carbocycles. The molecule has 4 heteroatoms. The van der Waals surface area contributed by atoms with Gasteiger partial charge < -0.3 is 19.7 Å². The molecule has 0 aliphatic carbocycles. The third-order valence-electron chi connectivity index (χ3n) is 2.86. The summed E-state index contributed by atoms with van der Waals surface area (Å²) in [5.41, 5.74) is 1.25. The van der Waals surface area contributed by atoms with Gasteiger partial charge in [0.25, 0.3) is 0 Å². The Morgan fingerprint density at radius 2 is 1.89 bits per heavy atom. The summed E-state index contributed by atoms with van der Waals surface area (Å²) < 4.78 is 10.8. The fraction of sp³-hybridized carbons (Fsp3) is 0.600. The lowest BCUT2D eigenvalue weighted by Gasteiger charge is -2.18. The molecule has 0 spiro atoms. The number of hydrogen-bond donors (Lipinski definition) is 1. The van der Waals surface area contributed by atoms with Crippen LogP contribution in [0.3, 0.4) is 0 Å². The van der Waals surface area contributed by atoms with Gasteiger partial charge in [-0.2, -0.15) is 0 Å². The maximum Gasteiger partial charge on any atom is 0.0657 e. The van der Waals surface area contributed by atoms with Crippen molar-refractivity contribution in [3.05, 3.63) is 35.9 Å². The van der Waals surface area contributed by atoms with Crippen LogP contribution in [0.25, 0.3) is 0 Å². The van der Waals surface area contributed by atoms with Crippen LogP contribution in [0.4, 0.5) is 0 Å². The second kappa shape index (κ2) is 9.92. The van der Waals surface area contributed by atoms with Crippen molar-refractivity contribution in [2.75, 3.05) is 54.1 Å². The fourth-order valence-corrected chi connectivity index (χ4v) is 1.78. The average Bonchev–Trinajstić information content (AvgIpc) is 2.42. The Balaban J connectivity index is 2.23. The summed E-state index contributed by atoms with van der Waals surface area (Å²) in [6.07, 6.45) is 0. The number of methoxy groups -OCH3 is 1. The van der Waals surface area contributed by atoms with E-state index in [1.807, 2.05) is 32.3 Å². The van der Waals surface area contributed by atoms with Gasteiger partial charge in [0.2, 0.25) is 0 Å². The van der Waals surface area contributed by atoms with Crippen LogP contribution in [0.1, 0.15) is 11.6 Å². The largest absolute Gasteiger partial charge is 0.383 e. The molecule has 108 valence electrons. The van der Waals surface area contributed by atoms with E-state index in [0.29, 0.717) is 6.61 Å². The van der Waals surface area contributed by atoms with E-state index in [-0.39, 0.29) is 6.04 Å². The lowest BCUT2D eigenvalue weighted by atomic mass is 10.1. The van der Waals surface area contributed by atoms with Crippen molar-refractivity contribution < 1.29 is 9.47 Å². The van der Waals surface area contributed by atoms with Crippen LogP contribution in [0.15, 0.2) is 30.3 Å². The molecule has 0 bridgehead atoms. The smallest absolute Gasteiger partial charge is 0.0657 e. The van der Waals surface area contributed by atoms with E-state index in [9.17, 15) is 0 Å². The highest BCUT2D eigenvalue weighted by atomic mass is 16.5. The molecule has 0 heterocycles. The van der Waals surface area contributed by atoms with Crippen molar-refractivity contribution in [2.45, 2.75) is 6.04 Å². The predicted molar refractivity (Wildman–Crippen MR) is 78.4 cm³/mol. The summed E-state index contributed by atoms with van der Waals surface area (Å²) in [4.78, 5) is 2.12. The van der Waals surface area contributed by atoms with E-state index in [0.717, 1.165) is 26.3 Å². The Morgan fingerprint density at radius 1 is 1.16 bits per heavy atom. The molecule has 1 N–H and O–H groups in total. The number of ether oxygens (including phenoxy) is 2. The van der Waals surface area contributed by atoms with Gasteiger partial charge in [-0.1, -0.05) is 30.3 Å². The van der Waals surface area contributed by atoms with Crippen molar-refractivity contribution in [2.24, 2.45) is 0 Å². The highest BCUT2D eigenvalue weighted by molar-refractivity contribution is 5.18. The number of nitrogens with zero attached hydrogens (tertiary/aromatic N) is 1. The first kappa shape index (κ1) is 16.1. The minimum absolute atomic E-state index is 0.226. The molecule has 0 saturated heterocycles. The maximum absolute atomic E-state index is 5.56. The normalized spacial score (nSPS) is 12.8. The standard InChI is InChI=1S/C15H26N2O2/c1-17(2)10-12-19-11-9-16-15(13-18-3)14-7-5-4-6-8-14/h4-8,15-16H,9-13H2,1-3H3. The third kappa shape index (κ3) is 7.28. The van der Waals surface area contributed by atoms with Crippen LogP contribution in [-0.4, -0.2) is 59.0 Å². The summed E-state index contributed by atoms with van der Waals surface area (Å²) in [5.74, 6) is 0. The van der Waals surface area contributed by atoms with Gasteiger partial charge in [-0.15, -0.1) is 0 Å². The van der Waals surface area contributed by atoms with Crippen LogP contribution in [0, 0.1) is 0 Å². The van der Waals surface area contributed by atoms with Crippen molar-refractivity contribution in [1.29, 1.82) is 0 Å². The van der Waals surface area contributed by atoms with Gasteiger partial charge in [0, 0.05) is 20.2 Å². The van der Waals surface area contributed by atoms with Crippen LogP contribution >= 0.6 is 0 Å². The molecular formula is C15H26N2O2. The van der Waals surface area contributed by atoms with Gasteiger partial charge in [-0.3, -0.25) is 0 Å². The zero-order valence-electron chi connectivity index (χ0n) is 12.3. The molecule has 0 aliphatic rings. The summed E-state index contributed by atoms with van der Waals surface area (Å²) in [7, 11) is 5.82. The molecule has 1 unspecified atom stereocenters. The van der Waals surface area contributed by atoms with Crippen LogP contribution in [-0.2, 0) is 9.47 Å². The van der Waals surface area contributed by atoms with E-state index >= 15 is 0 Å². The van der Waals surface area contributed by atoms with E-state index in [4.69, 9.17) is 9.47 Å². The zero-order chi connectivity index (χ0) is 13.9. The zero-order valence-corrected chi connectivity index (χ0v) is 12.3. The van der Waals surface area contributed by atoms with Crippen molar-refractivity contribution in [1.82, 2.24) is 10.2 Å². The Bertz CT molecular complexity index is 317. The highest BCUT2D eigenvalue weighted by Crippen LogP contribution is 2.12. The van der Waals surface area contributed by atoms with E-state index in [1.165, 1.54) is 5.56 Å². The predicted octanol–water partition coefficient (Wildman–Crippen LogP) is 1.54. The summed E-state index contributed by atoms with van der Waals surface area (Å²) in [5, 5.41) is 3.46. The summed E-state index contributed by atoms with van der Waals surface area (Å²) in [6, 6.07) is 10.6. The van der Waals surface area contributed by atoms with Crippen LogP contribution in [0.5, 0.6) is 0 Å². The number of hydrogen-bond acceptors (Lipinski definition) is 4. The lowest BCUT2D eigenvalue weighted by Crippen LogP contribution is -2.29. The molecule has 0 amide bonds. The molecule has 1 rings (SSSR count). The van der Waals surface area contributed by atoms with Gasteiger partial charge >= 0.3 is 0 Å². The first-order valence-corrected chi connectivity index (χ1v) is 6.73. The van der Waals surface area contributed by atoms with Crippen LogP contribution in [0.2, 0.25) is 0 Å².